The van der Waals surface area contributed by atoms with Crippen molar-refractivity contribution in [2.45, 2.75) is 13.1 Å². The number of amides is 1. The van der Waals surface area contributed by atoms with Gasteiger partial charge in [0.05, 0.1) is 14.7 Å². The van der Waals surface area contributed by atoms with Crippen molar-refractivity contribution in [3.63, 3.8) is 0 Å². The average Bonchev–Trinajstić information content (AvgIpc) is 3.22. The summed E-state index contributed by atoms with van der Waals surface area (Å²) >= 11 is 5.26. The van der Waals surface area contributed by atoms with Gasteiger partial charge in [0.15, 0.2) is 0 Å². The molecule has 3 aromatic heterocycles. The lowest BCUT2D eigenvalue weighted by molar-refractivity contribution is 0.0942. The fourth-order valence-electron chi connectivity index (χ4n) is 2.92. The Morgan fingerprint density at radius 3 is 2.65 bits per heavy atom. The molecule has 26 heavy (non-hydrogen) atoms. The third-order valence-corrected chi connectivity index (χ3v) is 6.02. The van der Waals surface area contributed by atoms with Gasteiger partial charge in [-0.25, -0.2) is 0 Å². The largest absolute Gasteiger partial charge is 0.347 e. The number of aromatic nitrogens is 2. The van der Waals surface area contributed by atoms with E-state index in [0.717, 1.165) is 25.8 Å². The van der Waals surface area contributed by atoms with E-state index in [-0.39, 0.29) is 5.91 Å². The topological polar surface area (TPSA) is 46.9 Å². The summed E-state index contributed by atoms with van der Waals surface area (Å²) in [6.45, 7) is 1.13. The first-order valence-electron chi connectivity index (χ1n) is 8.19. The van der Waals surface area contributed by atoms with Crippen LogP contribution in [0.25, 0.3) is 10.2 Å². The van der Waals surface area contributed by atoms with Crippen LogP contribution in [-0.4, -0.2) is 15.5 Å². The summed E-state index contributed by atoms with van der Waals surface area (Å²) in [4.78, 5) is 16.9. The highest BCUT2D eigenvalue weighted by Crippen LogP contribution is 2.33. The van der Waals surface area contributed by atoms with Gasteiger partial charge in [0.25, 0.3) is 5.91 Å². The number of nitrogens with one attached hydrogen (secondary N) is 1. The zero-order valence-corrected chi connectivity index (χ0v) is 16.3. The summed E-state index contributed by atoms with van der Waals surface area (Å²) in [5.74, 6) is -0.0759. The molecule has 0 radical (unpaired) electrons. The predicted octanol–water partition coefficient (Wildman–Crippen LogP) is 4.84. The molecule has 0 aliphatic rings. The molecule has 0 saturated carbocycles. The maximum atomic E-state index is 12.8. The number of nitrogens with zero attached hydrogens (tertiary/aromatic N) is 2. The molecule has 6 heteroatoms. The molecule has 1 N–H and O–H groups in total. The van der Waals surface area contributed by atoms with Gasteiger partial charge in [-0.05, 0) is 45.3 Å². The maximum Gasteiger partial charge on any atom is 0.268 e. The molecule has 4 rings (SSSR count). The molecule has 0 unspecified atom stereocenters. The standard InChI is InChI=1S/C20H16BrN3OS/c21-16-13-26-18-10-17(20(25)23-11-14-6-8-22-9-7-14)24(19(16)18)12-15-4-2-1-3-5-15/h1-10,13H,11-12H2,(H,23,25). The van der Waals surface area contributed by atoms with Crippen LogP contribution >= 0.6 is 27.3 Å². The molecule has 3 heterocycles. The summed E-state index contributed by atoms with van der Waals surface area (Å²) in [6, 6.07) is 15.9. The quantitative estimate of drug-likeness (QED) is 0.497. The Morgan fingerprint density at radius 2 is 1.88 bits per heavy atom. The lowest BCUT2D eigenvalue weighted by atomic mass is 10.2. The average molecular weight is 426 g/mol. The van der Waals surface area contributed by atoms with Gasteiger partial charge < -0.3 is 9.88 Å². The molecule has 0 fully saturated rings. The molecule has 130 valence electrons. The van der Waals surface area contributed by atoms with Crippen LogP contribution in [0, 0.1) is 0 Å². The van der Waals surface area contributed by atoms with Crippen LogP contribution in [0.5, 0.6) is 0 Å². The third-order valence-electron chi connectivity index (χ3n) is 4.20. The number of carbonyl (C=O) groups is 1. The molecular weight excluding hydrogens is 410 g/mol. The van der Waals surface area contributed by atoms with Crippen LogP contribution in [0.3, 0.4) is 0 Å². The second-order valence-corrected chi connectivity index (χ2v) is 7.70. The van der Waals surface area contributed by atoms with E-state index in [4.69, 9.17) is 0 Å². The first kappa shape index (κ1) is 17.0. The van der Waals surface area contributed by atoms with Crippen LogP contribution in [-0.2, 0) is 13.1 Å². The van der Waals surface area contributed by atoms with E-state index < -0.39 is 0 Å². The molecule has 0 saturated heterocycles. The Hall–Kier alpha value is -2.44. The zero-order valence-electron chi connectivity index (χ0n) is 13.9. The number of thiophene rings is 1. The van der Waals surface area contributed by atoms with Crippen LogP contribution in [0.1, 0.15) is 21.6 Å². The van der Waals surface area contributed by atoms with Crippen molar-refractivity contribution in [1.82, 2.24) is 14.9 Å². The fraction of sp³-hybridized carbons (Fsp3) is 0.100. The molecule has 0 spiro atoms. The van der Waals surface area contributed by atoms with Crippen molar-refractivity contribution >= 4 is 43.4 Å². The van der Waals surface area contributed by atoms with Gasteiger partial charge in [-0.1, -0.05) is 30.3 Å². The lowest BCUT2D eigenvalue weighted by Crippen LogP contribution is -2.25. The summed E-state index contributed by atoms with van der Waals surface area (Å²) in [7, 11) is 0. The van der Waals surface area contributed by atoms with E-state index in [1.807, 2.05) is 36.4 Å². The van der Waals surface area contributed by atoms with Crippen molar-refractivity contribution in [2.75, 3.05) is 0 Å². The minimum absolute atomic E-state index is 0.0759. The van der Waals surface area contributed by atoms with E-state index in [1.165, 1.54) is 0 Å². The Kier molecular flexibility index (Phi) is 4.86. The van der Waals surface area contributed by atoms with Gasteiger partial charge in [0.2, 0.25) is 0 Å². The number of benzene rings is 1. The molecule has 0 aliphatic carbocycles. The second-order valence-electron chi connectivity index (χ2n) is 5.94. The monoisotopic (exact) mass is 425 g/mol. The van der Waals surface area contributed by atoms with E-state index in [1.54, 1.807) is 23.7 Å². The SMILES string of the molecule is O=C(NCc1ccncc1)c1cc2scc(Br)c2n1Cc1ccccc1. The molecular formula is C20H16BrN3OS. The Labute approximate surface area is 163 Å². The highest BCUT2D eigenvalue weighted by molar-refractivity contribution is 9.10. The van der Waals surface area contributed by atoms with Gasteiger partial charge in [-0.2, -0.15) is 0 Å². The normalized spacial score (nSPS) is 11.0. The number of rotatable bonds is 5. The van der Waals surface area contributed by atoms with Crippen LogP contribution in [0.15, 0.2) is 70.8 Å². The van der Waals surface area contributed by atoms with E-state index in [2.05, 4.69) is 48.3 Å². The van der Waals surface area contributed by atoms with Gasteiger partial charge >= 0.3 is 0 Å². The minimum Gasteiger partial charge on any atom is -0.347 e. The molecule has 0 aliphatic heterocycles. The molecule has 0 bridgehead atoms. The maximum absolute atomic E-state index is 12.8. The van der Waals surface area contributed by atoms with E-state index in [0.29, 0.717) is 18.8 Å². The smallest absolute Gasteiger partial charge is 0.268 e. The Morgan fingerprint density at radius 1 is 1.12 bits per heavy atom. The zero-order chi connectivity index (χ0) is 17.9. The van der Waals surface area contributed by atoms with Crippen molar-refractivity contribution < 1.29 is 4.79 Å². The number of hydrogen-bond acceptors (Lipinski definition) is 3. The molecule has 4 aromatic rings. The third kappa shape index (κ3) is 3.43. The van der Waals surface area contributed by atoms with Gasteiger partial charge in [-0.15, -0.1) is 11.3 Å². The summed E-state index contributed by atoms with van der Waals surface area (Å²) in [5, 5.41) is 5.07. The van der Waals surface area contributed by atoms with Crippen molar-refractivity contribution in [1.29, 1.82) is 0 Å². The molecule has 1 amide bonds. The molecule has 1 aromatic carbocycles. The lowest BCUT2D eigenvalue weighted by Gasteiger charge is -2.11. The van der Waals surface area contributed by atoms with Crippen molar-refractivity contribution in [3.8, 4) is 0 Å². The Bertz CT molecular complexity index is 1040. The number of carbonyl (C=O) groups excluding carboxylic acids is 1. The highest BCUT2D eigenvalue weighted by Gasteiger charge is 2.18. The summed E-state index contributed by atoms with van der Waals surface area (Å²) in [6.07, 6.45) is 3.46. The second kappa shape index (κ2) is 7.43. The summed E-state index contributed by atoms with van der Waals surface area (Å²) < 4.78 is 4.19. The van der Waals surface area contributed by atoms with Crippen molar-refractivity contribution in [2.24, 2.45) is 0 Å². The molecule has 4 nitrogen and oxygen atoms in total. The number of halogens is 1. The van der Waals surface area contributed by atoms with Gasteiger partial charge in [0, 0.05) is 30.9 Å². The Balaban J connectivity index is 1.65. The van der Waals surface area contributed by atoms with Gasteiger partial charge in [-0.3, -0.25) is 9.78 Å². The van der Waals surface area contributed by atoms with Crippen molar-refractivity contribution in [3.05, 3.63) is 87.6 Å². The first-order chi connectivity index (χ1) is 12.7. The predicted molar refractivity (Wildman–Crippen MR) is 108 cm³/mol. The van der Waals surface area contributed by atoms with Gasteiger partial charge in [0.1, 0.15) is 5.69 Å². The van der Waals surface area contributed by atoms with E-state index >= 15 is 0 Å². The number of fused-ring (bicyclic) bond motifs is 1. The first-order valence-corrected chi connectivity index (χ1v) is 9.87. The fourth-order valence-corrected chi connectivity index (χ4v) is 4.62. The van der Waals surface area contributed by atoms with Crippen LogP contribution < -0.4 is 5.32 Å². The number of hydrogen-bond donors (Lipinski definition) is 1. The molecule has 0 atom stereocenters. The number of pyridine rings is 1. The van der Waals surface area contributed by atoms with Crippen LogP contribution in [0.4, 0.5) is 0 Å². The highest BCUT2D eigenvalue weighted by atomic mass is 79.9. The summed E-state index contributed by atoms with van der Waals surface area (Å²) in [5.41, 5.74) is 3.92. The van der Waals surface area contributed by atoms with Crippen LogP contribution in [0.2, 0.25) is 0 Å². The van der Waals surface area contributed by atoms with E-state index in [9.17, 15) is 4.79 Å². The minimum atomic E-state index is -0.0759.